The first kappa shape index (κ1) is 20.6. The second-order valence-electron chi connectivity index (χ2n) is 8.62. The third-order valence-corrected chi connectivity index (χ3v) is 6.55. The van der Waals surface area contributed by atoms with E-state index in [2.05, 4.69) is 88.2 Å². The number of hydrogen-bond acceptors (Lipinski definition) is 4. The number of fused-ring (bicyclic) bond motifs is 3. The van der Waals surface area contributed by atoms with Crippen molar-refractivity contribution >= 4 is 33.1 Å². The van der Waals surface area contributed by atoms with Gasteiger partial charge in [-0.05, 0) is 36.4 Å². The van der Waals surface area contributed by atoms with Crippen LogP contribution in [0.5, 0.6) is 0 Å². The molecule has 0 saturated heterocycles. The first-order chi connectivity index (χ1) is 16.8. The molecule has 0 aliphatic heterocycles. The van der Waals surface area contributed by atoms with Crippen LogP contribution in [-0.4, -0.2) is 53.2 Å². The number of imidazole rings is 3. The molecule has 0 unspecified atom stereocenters. The van der Waals surface area contributed by atoms with Crippen LogP contribution in [0.1, 0.15) is 0 Å². The average molecular weight is 450 g/mol. The molecule has 0 spiro atoms. The summed E-state index contributed by atoms with van der Waals surface area (Å²) < 4.78 is 6.75. The predicted octanol–water partition coefficient (Wildman–Crippen LogP) is 4.44. The maximum Gasteiger partial charge on any atom is 0.0958 e. The number of para-hydroxylation sites is 6. The van der Waals surface area contributed by atoms with Crippen molar-refractivity contribution < 1.29 is 0 Å². The van der Waals surface area contributed by atoms with E-state index in [1.165, 1.54) is 16.6 Å². The van der Waals surface area contributed by atoms with Crippen LogP contribution in [0.3, 0.4) is 0 Å². The van der Waals surface area contributed by atoms with Crippen molar-refractivity contribution in [3.8, 4) is 0 Å². The SMILES string of the molecule is c1ccc2c(c1)ncn2CCN(CCn1cnc2ccccc21)CCn1cnc2ccccc21. The van der Waals surface area contributed by atoms with Crippen LogP contribution in [0.4, 0.5) is 0 Å². The molecule has 34 heavy (non-hydrogen) atoms. The van der Waals surface area contributed by atoms with Gasteiger partial charge in [-0.25, -0.2) is 15.0 Å². The Labute approximate surface area is 197 Å². The second-order valence-corrected chi connectivity index (χ2v) is 8.62. The van der Waals surface area contributed by atoms with Crippen LogP contribution in [0, 0.1) is 0 Å². The minimum Gasteiger partial charge on any atom is -0.329 e. The zero-order chi connectivity index (χ0) is 22.7. The molecule has 0 N–H and O–H groups in total. The summed E-state index contributed by atoms with van der Waals surface area (Å²) in [5.41, 5.74) is 6.69. The Morgan fingerprint density at radius 2 is 0.794 bits per heavy atom. The molecule has 0 amide bonds. The van der Waals surface area contributed by atoms with Crippen molar-refractivity contribution in [1.82, 2.24) is 33.6 Å². The average Bonchev–Trinajstić information content (AvgIpc) is 3.61. The Hall–Kier alpha value is -3.97. The second kappa shape index (κ2) is 9.11. The molecule has 0 atom stereocenters. The molecule has 3 aromatic heterocycles. The maximum absolute atomic E-state index is 4.56. The first-order valence-corrected chi connectivity index (χ1v) is 11.8. The first-order valence-electron chi connectivity index (χ1n) is 11.8. The Morgan fingerprint density at radius 3 is 1.15 bits per heavy atom. The molecular weight excluding hydrogens is 422 g/mol. The zero-order valence-electron chi connectivity index (χ0n) is 19.0. The maximum atomic E-state index is 4.56. The third kappa shape index (κ3) is 4.06. The highest BCUT2D eigenvalue weighted by Gasteiger charge is 2.11. The minimum absolute atomic E-state index is 0.899. The quantitative estimate of drug-likeness (QED) is 0.328. The summed E-state index contributed by atoms with van der Waals surface area (Å²) in [7, 11) is 0. The lowest BCUT2D eigenvalue weighted by molar-refractivity contribution is 0.246. The van der Waals surface area contributed by atoms with Gasteiger partial charge in [-0.15, -0.1) is 0 Å². The number of hydrogen-bond donors (Lipinski definition) is 0. The monoisotopic (exact) mass is 449 g/mol. The predicted molar refractivity (Wildman–Crippen MR) is 136 cm³/mol. The molecule has 170 valence electrons. The van der Waals surface area contributed by atoms with E-state index in [9.17, 15) is 0 Å². The van der Waals surface area contributed by atoms with Crippen molar-refractivity contribution in [2.75, 3.05) is 19.6 Å². The van der Waals surface area contributed by atoms with Gasteiger partial charge < -0.3 is 13.7 Å². The van der Waals surface area contributed by atoms with Gasteiger partial charge in [0.15, 0.2) is 0 Å². The largest absolute Gasteiger partial charge is 0.329 e. The van der Waals surface area contributed by atoms with Crippen molar-refractivity contribution in [3.63, 3.8) is 0 Å². The van der Waals surface area contributed by atoms with Gasteiger partial charge in [-0.2, -0.15) is 0 Å². The van der Waals surface area contributed by atoms with Gasteiger partial charge in [-0.1, -0.05) is 36.4 Å². The van der Waals surface area contributed by atoms with Gasteiger partial charge >= 0.3 is 0 Å². The van der Waals surface area contributed by atoms with Crippen molar-refractivity contribution in [2.45, 2.75) is 19.6 Å². The van der Waals surface area contributed by atoms with E-state index in [1.54, 1.807) is 0 Å². The van der Waals surface area contributed by atoms with Crippen LogP contribution in [0.2, 0.25) is 0 Å². The van der Waals surface area contributed by atoms with Crippen LogP contribution in [0.15, 0.2) is 91.8 Å². The number of nitrogens with zero attached hydrogens (tertiary/aromatic N) is 7. The topological polar surface area (TPSA) is 56.7 Å². The van der Waals surface area contributed by atoms with Gasteiger partial charge in [0.1, 0.15) is 0 Å². The van der Waals surface area contributed by atoms with Crippen molar-refractivity contribution in [2.24, 2.45) is 0 Å². The fraction of sp³-hybridized carbons (Fsp3) is 0.222. The highest BCUT2D eigenvalue weighted by molar-refractivity contribution is 5.76. The Morgan fingerprint density at radius 1 is 0.471 bits per heavy atom. The van der Waals surface area contributed by atoms with Gasteiger partial charge in [0.2, 0.25) is 0 Å². The van der Waals surface area contributed by atoms with E-state index in [-0.39, 0.29) is 0 Å². The van der Waals surface area contributed by atoms with E-state index < -0.39 is 0 Å². The Kier molecular flexibility index (Phi) is 5.53. The Balaban J connectivity index is 1.19. The third-order valence-electron chi connectivity index (χ3n) is 6.55. The van der Waals surface area contributed by atoms with Gasteiger partial charge in [0.25, 0.3) is 0 Å². The van der Waals surface area contributed by atoms with Crippen LogP contribution < -0.4 is 0 Å². The van der Waals surface area contributed by atoms with Crippen molar-refractivity contribution in [1.29, 1.82) is 0 Å². The molecule has 3 heterocycles. The lowest BCUT2D eigenvalue weighted by Gasteiger charge is -2.23. The lowest BCUT2D eigenvalue weighted by atomic mass is 10.3. The lowest BCUT2D eigenvalue weighted by Crippen LogP contribution is -2.33. The van der Waals surface area contributed by atoms with Gasteiger partial charge in [-0.3, -0.25) is 4.90 Å². The van der Waals surface area contributed by atoms with Crippen molar-refractivity contribution in [3.05, 3.63) is 91.8 Å². The molecule has 0 aliphatic rings. The molecule has 7 heteroatoms. The summed E-state index contributed by atoms with van der Waals surface area (Å²) in [6.07, 6.45) is 5.86. The highest BCUT2D eigenvalue weighted by atomic mass is 15.2. The molecule has 0 aliphatic carbocycles. The fourth-order valence-corrected chi connectivity index (χ4v) is 4.65. The molecule has 7 nitrogen and oxygen atoms in total. The summed E-state index contributed by atoms with van der Waals surface area (Å²) in [6.45, 7) is 5.53. The van der Waals surface area contributed by atoms with Gasteiger partial charge in [0, 0.05) is 39.3 Å². The number of rotatable bonds is 9. The van der Waals surface area contributed by atoms with E-state index in [0.717, 1.165) is 55.8 Å². The smallest absolute Gasteiger partial charge is 0.0958 e. The molecule has 0 radical (unpaired) electrons. The van der Waals surface area contributed by atoms with Gasteiger partial charge in [0.05, 0.1) is 52.1 Å². The number of aromatic nitrogens is 6. The normalized spacial score (nSPS) is 11.9. The van der Waals surface area contributed by atoms with E-state index in [4.69, 9.17) is 0 Å². The summed E-state index contributed by atoms with van der Waals surface area (Å²) >= 11 is 0. The van der Waals surface area contributed by atoms with E-state index in [0.29, 0.717) is 0 Å². The van der Waals surface area contributed by atoms with Crippen LogP contribution >= 0.6 is 0 Å². The standard InChI is InChI=1S/C27H27N7/c1-4-10-25-22(7-1)28-19-32(25)16-13-31(14-17-33-20-29-23-8-2-5-11-26(23)33)15-18-34-21-30-24-9-3-6-12-27(24)34/h1-12,19-21H,13-18H2. The summed E-state index contributed by atoms with van der Waals surface area (Å²) in [6, 6.07) is 25.0. The summed E-state index contributed by atoms with van der Waals surface area (Å²) in [5, 5.41) is 0. The number of benzene rings is 3. The highest BCUT2D eigenvalue weighted by Crippen LogP contribution is 2.15. The molecule has 3 aromatic carbocycles. The van der Waals surface area contributed by atoms with E-state index in [1.807, 2.05) is 37.2 Å². The zero-order valence-corrected chi connectivity index (χ0v) is 19.0. The molecule has 6 rings (SSSR count). The molecule has 6 aromatic rings. The fourth-order valence-electron chi connectivity index (χ4n) is 4.65. The molecule has 0 saturated carbocycles. The summed E-state index contributed by atoms with van der Waals surface area (Å²) in [4.78, 5) is 16.2. The summed E-state index contributed by atoms with van der Waals surface area (Å²) in [5.74, 6) is 0. The van der Waals surface area contributed by atoms with Crippen LogP contribution in [0.25, 0.3) is 33.1 Å². The molecule has 0 bridgehead atoms. The molecular formula is C27H27N7. The van der Waals surface area contributed by atoms with E-state index >= 15 is 0 Å². The minimum atomic E-state index is 0.899. The molecule has 0 fully saturated rings. The Bertz CT molecular complexity index is 1360. The van der Waals surface area contributed by atoms with Crippen LogP contribution in [-0.2, 0) is 19.6 Å².